The van der Waals surface area contributed by atoms with Crippen molar-refractivity contribution in [3.8, 4) is 45.8 Å². The van der Waals surface area contributed by atoms with Crippen LogP contribution in [0.4, 0.5) is 0 Å². The third kappa shape index (κ3) is 2.71. The zero-order valence-electron chi connectivity index (χ0n) is 13.5. The highest BCUT2D eigenvalue weighted by molar-refractivity contribution is 5.69. The monoisotopic (exact) mass is 327 g/mol. The average Bonchev–Trinajstić information content (AvgIpc) is 3.10. The maximum atomic E-state index is 9.93. The molecule has 2 aromatic carbocycles. The SMILES string of the molecule is COc1cc(-c2n[nH]c(-c3ccccc3O)n2)cc(OC)c1OC. The van der Waals surface area contributed by atoms with E-state index in [9.17, 15) is 5.11 Å². The predicted octanol–water partition coefficient (Wildman–Crippen LogP) is 2.87. The molecule has 7 heteroatoms. The van der Waals surface area contributed by atoms with Crippen molar-refractivity contribution < 1.29 is 19.3 Å². The van der Waals surface area contributed by atoms with Gasteiger partial charge in [0.05, 0.1) is 26.9 Å². The van der Waals surface area contributed by atoms with Gasteiger partial charge in [-0.2, -0.15) is 5.10 Å². The molecule has 0 aliphatic carbocycles. The molecule has 0 radical (unpaired) electrons. The first-order valence-electron chi connectivity index (χ1n) is 7.19. The summed E-state index contributed by atoms with van der Waals surface area (Å²) in [5.41, 5.74) is 1.27. The topological polar surface area (TPSA) is 89.5 Å². The first-order chi connectivity index (χ1) is 11.7. The summed E-state index contributed by atoms with van der Waals surface area (Å²) in [5.74, 6) is 2.58. The molecule has 1 heterocycles. The number of ether oxygens (including phenoxy) is 3. The van der Waals surface area contributed by atoms with Crippen molar-refractivity contribution >= 4 is 0 Å². The van der Waals surface area contributed by atoms with Crippen LogP contribution in [0.2, 0.25) is 0 Å². The highest BCUT2D eigenvalue weighted by Gasteiger charge is 2.17. The predicted molar refractivity (Wildman–Crippen MR) is 88.6 cm³/mol. The average molecular weight is 327 g/mol. The quantitative estimate of drug-likeness (QED) is 0.749. The van der Waals surface area contributed by atoms with Crippen LogP contribution in [0, 0.1) is 0 Å². The lowest BCUT2D eigenvalue weighted by atomic mass is 10.1. The van der Waals surface area contributed by atoms with E-state index in [0.717, 1.165) is 0 Å². The summed E-state index contributed by atoms with van der Waals surface area (Å²) in [6.07, 6.45) is 0. The molecule has 2 N–H and O–H groups in total. The number of phenolic OH excluding ortho intramolecular Hbond substituents is 1. The van der Waals surface area contributed by atoms with Crippen molar-refractivity contribution in [3.63, 3.8) is 0 Å². The zero-order valence-corrected chi connectivity index (χ0v) is 13.5. The second-order valence-electron chi connectivity index (χ2n) is 4.94. The number of methoxy groups -OCH3 is 3. The summed E-state index contributed by atoms with van der Waals surface area (Å²) in [6.45, 7) is 0. The molecule has 124 valence electrons. The molecular formula is C17H17N3O4. The number of benzene rings is 2. The second kappa shape index (κ2) is 6.49. The van der Waals surface area contributed by atoms with Crippen molar-refractivity contribution in [2.75, 3.05) is 21.3 Å². The molecule has 0 aliphatic rings. The molecule has 7 nitrogen and oxygen atoms in total. The van der Waals surface area contributed by atoms with Crippen LogP contribution in [0.5, 0.6) is 23.0 Å². The number of rotatable bonds is 5. The van der Waals surface area contributed by atoms with Gasteiger partial charge in [-0.3, -0.25) is 5.10 Å². The van der Waals surface area contributed by atoms with E-state index < -0.39 is 0 Å². The van der Waals surface area contributed by atoms with Crippen LogP contribution in [0.15, 0.2) is 36.4 Å². The van der Waals surface area contributed by atoms with Crippen LogP contribution < -0.4 is 14.2 Å². The molecule has 1 aromatic heterocycles. The Balaban J connectivity index is 2.06. The summed E-state index contributed by atoms with van der Waals surface area (Å²) in [7, 11) is 4.64. The Morgan fingerprint density at radius 2 is 1.62 bits per heavy atom. The summed E-state index contributed by atoms with van der Waals surface area (Å²) < 4.78 is 16.0. The van der Waals surface area contributed by atoms with E-state index in [0.29, 0.717) is 40.0 Å². The van der Waals surface area contributed by atoms with Gasteiger partial charge in [0.15, 0.2) is 23.1 Å². The minimum Gasteiger partial charge on any atom is -0.507 e. The van der Waals surface area contributed by atoms with Gasteiger partial charge < -0.3 is 19.3 Å². The number of aromatic hydroxyl groups is 1. The Morgan fingerprint density at radius 3 is 2.21 bits per heavy atom. The number of phenols is 1. The van der Waals surface area contributed by atoms with Crippen LogP contribution in [0.1, 0.15) is 0 Å². The molecule has 0 saturated carbocycles. The third-order valence-electron chi connectivity index (χ3n) is 3.57. The minimum atomic E-state index is 0.130. The van der Waals surface area contributed by atoms with Crippen molar-refractivity contribution in [1.82, 2.24) is 15.2 Å². The van der Waals surface area contributed by atoms with E-state index in [1.54, 1.807) is 51.7 Å². The fourth-order valence-corrected chi connectivity index (χ4v) is 2.40. The molecule has 0 saturated heterocycles. The molecule has 24 heavy (non-hydrogen) atoms. The first-order valence-corrected chi connectivity index (χ1v) is 7.19. The van der Waals surface area contributed by atoms with Crippen molar-refractivity contribution in [1.29, 1.82) is 0 Å². The third-order valence-corrected chi connectivity index (χ3v) is 3.57. The van der Waals surface area contributed by atoms with Gasteiger partial charge in [0.2, 0.25) is 5.75 Å². The van der Waals surface area contributed by atoms with Crippen LogP contribution in [0.3, 0.4) is 0 Å². The Hall–Kier alpha value is -3.22. The number of nitrogens with one attached hydrogen (secondary N) is 1. The van der Waals surface area contributed by atoms with Gasteiger partial charge in [0.1, 0.15) is 5.75 Å². The molecule has 0 amide bonds. The Kier molecular flexibility index (Phi) is 4.24. The molecule has 3 rings (SSSR count). The van der Waals surface area contributed by atoms with E-state index >= 15 is 0 Å². The van der Waals surface area contributed by atoms with Crippen molar-refractivity contribution in [2.24, 2.45) is 0 Å². The fraction of sp³-hybridized carbons (Fsp3) is 0.176. The number of hydrogen-bond acceptors (Lipinski definition) is 6. The highest BCUT2D eigenvalue weighted by Crippen LogP contribution is 2.40. The minimum absolute atomic E-state index is 0.130. The number of H-pyrrole nitrogens is 1. The molecule has 0 atom stereocenters. The molecule has 0 fully saturated rings. The highest BCUT2D eigenvalue weighted by atomic mass is 16.5. The lowest BCUT2D eigenvalue weighted by Crippen LogP contribution is -1.96. The van der Waals surface area contributed by atoms with E-state index in [4.69, 9.17) is 14.2 Å². The summed E-state index contributed by atoms with van der Waals surface area (Å²) in [5, 5.41) is 17.0. The second-order valence-corrected chi connectivity index (χ2v) is 4.94. The van der Waals surface area contributed by atoms with Crippen LogP contribution in [0.25, 0.3) is 22.8 Å². The lowest BCUT2D eigenvalue weighted by Gasteiger charge is -2.12. The number of para-hydroxylation sites is 1. The van der Waals surface area contributed by atoms with Gasteiger partial charge >= 0.3 is 0 Å². The zero-order chi connectivity index (χ0) is 17.1. The molecule has 0 spiro atoms. The van der Waals surface area contributed by atoms with Crippen LogP contribution in [-0.2, 0) is 0 Å². The Morgan fingerprint density at radius 1 is 0.958 bits per heavy atom. The van der Waals surface area contributed by atoms with Gasteiger partial charge in [0.25, 0.3) is 0 Å². The number of aromatic nitrogens is 3. The maximum Gasteiger partial charge on any atom is 0.203 e. The van der Waals surface area contributed by atoms with Gasteiger partial charge in [-0.1, -0.05) is 12.1 Å². The van der Waals surface area contributed by atoms with Crippen LogP contribution in [-0.4, -0.2) is 41.6 Å². The standard InChI is InChI=1S/C17H17N3O4/c1-22-13-8-10(9-14(23-2)15(13)24-3)16-18-17(20-19-16)11-6-4-5-7-12(11)21/h4-9,21H,1-3H3,(H,18,19,20). The van der Waals surface area contributed by atoms with E-state index in [1.165, 1.54) is 0 Å². The summed E-state index contributed by atoms with van der Waals surface area (Å²) in [4.78, 5) is 4.44. The van der Waals surface area contributed by atoms with E-state index in [-0.39, 0.29) is 5.75 Å². The normalized spacial score (nSPS) is 10.5. The molecule has 0 aliphatic heterocycles. The Bertz CT molecular complexity index is 836. The number of aromatic amines is 1. The lowest BCUT2D eigenvalue weighted by molar-refractivity contribution is 0.324. The smallest absolute Gasteiger partial charge is 0.203 e. The number of hydrogen-bond donors (Lipinski definition) is 2. The van der Waals surface area contributed by atoms with E-state index in [2.05, 4.69) is 15.2 Å². The first kappa shape index (κ1) is 15.7. The van der Waals surface area contributed by atoms with Crippen molar-refractivity contribution in [2.45, 2.75) is 0 Å². The number of nitrogens with zero attached hydrogens (tertiary/aromatic N) is 2. The summed E-state index contributed by atoms with van der Waals surface area (Å²) in [6, 6.07) is 10.4. The van der Waals surface area contributed by atoms with E-state index in [1.807, 2.05) is 6.07 Å². The fourth-order valence-electron chi connectivity index (χ4n) is 2.40. The van der Waals surface area contributed by atoms with Gasteiger partial charge in [0, 0.05) is 5.56 Å². The molecule has 3 aromatic rings. The molecule has 0 unspecified atom stereocenters. The maximum absolute atomic E-state index is 9.93. The van der Waals surface area contributed by atoms with Gasteiger partial charge in [-0.15, -0.1) is 0 Å². The Labute approximate surface area is 138 Å². The molecule has 0 bridgehead atoms. The largest absolute Gasteiger partial charge is 0.507 e. The summed E-state index contributed by atoms with van der Waals surface area (Å²) >= 11 is 0. The van der Waals surface area contributed by atoms with Gasteiger partial charge in [-0.05, 0) is 24.3 Å². The van der Waals surface area contributed by atoms with Gasteiger partial charge in [-0.25, -0.2) is 4.98 Å². The van der Waals surface area contributed by atoms with Crippen LogP contribution >= 0.6 is 0 Å². The molecular weight excluding hydrogens is 310 g/mol. The van der Waals surface area contributed by atoms with Crippen molar-refractivity contribution in [3.05, 3.63) is 36.4 Å².